The summed E-state index contributed by atoms with van der Waals surface area (Å²) in [5.41, 5.74) is -0.753. The van der Waals surface area contributed by atoms with E-state index in [0.29, 0.717) is 0 Å². The number of hydrogen-bond donors (Lipinski definition) is 4. The van der Waals surface area contributed by atoms with Gasteiger partial charge in [-0.05, 0) is 91.8 Å². The highest BCUT2D eigenvalue weighted by Gasteiger charge is 2.28. The van der Waals surface area contributed by atoms with E-state index in [2.05, 4.69) is 82.3 Å². The number of nitrogens with one attached hydrogen (secondary N) is 1. The number of ether oxygens (including phenoxy) is 1. The van der Waals surface area contributed by atoms with Gasteiger partial charge in [0.25, 0.3) is 0 Å². The van der Waals surface area contributed by atoms with Crippen LogP contribution in [0, 0.1) is 83.4 Å². The smallest absolute Gasteiger partial charge is 0.408 e. The normalized spacial score (nSPS) is 11.3. The standard InChI is InChI=1S/C23H19NO5/c1-5-6-7-8-9-10-11-12-13-14-15-16-17-20(26)21(27)19(18-25)24-22(28)29-23(2,3)4/h1,19-21,25-27H,18H2,2-4H3,(H,24,28)/t19-,20+,21-/m0/s1. The van der Waals surface area contributed by atoms with Gasteiger partial charge in [-0.2, -0.15) is 0 Å². The third-order valence-corrected chi connectivity index (χ3v) is 2.55. The fourth-order valence-corrected chi connectivity index (χ4v) is 1.43. The maximum absolute atomic E-state index is 11.7. The number of amides is 1. The summed E-state index contributed by atoms with van der Waals surface area (Å²) in [5, 5.41) is 31.4. The van der Waals surface area contributed by atoms with E-state index in [9.17, 15) is 20.1 Å². The van der Waals surface area contributed by atoms with Crippen LogP contribution in [-0.2, 0) is 4.74 Å². The minimum absolute atomic E-state index is 0.633. The van der Waals surface area contributed by atoms with Crippen LogP contribution >= 0.6 is 0 Å². The fraction of sp³-hybridized carbons (Fsp3) is 0.348. The molecular formula is C23H19NO5. The van der Waals surface area contributed by atoms with E-state index in [1.807, 2.05) is 0 Å². The second-order valence-electron chi connectivity index (χ2n) is 6.03. The fourth-order valence-electron chi connectivity index (χ4n) is 1.43. The van der Waals surface area contributed by atoms with E-state index in [4.69, 9.17) is 11.2 Å². The first-order valence-corrected chi connectivity index (χ1v) is 8.14. The number of hydrogen-bond acceptors (Lipinski definition) is 5. The molecule has 4 N–H and O–H groups in total. The average molecular weight is 389 g/mol. The Hall–Kier alpha value is -3.93. The van der Waals surface area contributed by atoms with Crippen molar-refractivity contribution in [2.75, 3.05) is 6.61 Å². The number of aliphatic hydroxyl groups excluding tert-OH is 3. The third-order valence-electron chi connectivity index (χ3n) is 2.55. The number of rotatable bonds is 4. The first kappa shape index (κ1) is 25.1. The van der Waals surface area contributed by atoms with E-state index in [1.165, 1.54) is 0 Å². The summed E-state index contributed by atoms with van der Waals surface area (Å²) in [7, 11) is 0. The largest absolute Gasteiger partial charge is 0.444 e. The zero-order valence-electron chi connectivity index (χ0n) is 16.2. The number of carbonyl (C=O) groups is 1. The summed E-state index contributed by atoms with van der Waals surface area (Å²) in [6.45, 7) is 4.35. The van der Waals surface area contributed by atoms with Gasteiger partial charge in [-0.3, -0.25) is 0 Å². The molecule has 0 radical (unpaired) electrons. The molecule has 0 saturated carbocycles. The molecule has 6 heteroatoms. The Balaban J connectivity index is 4.75. The van der Waals surface area contributed by atoms with Gasteiger partial charge < -0.3 is 25.4 Å². The zero-order chi connectivity index (χ0) is 22.1. The molecule has 0 saturated heterocycles. The van der Waals surface area contributed by atoms with Crippen molar-refractivity contribution >= 4 is 6.09 Å². The van der Waals surface area contributed by atoms with Crippen molar-refractivity contribution in [3.63, 3.8) is 0 Å². The lowest BCUT2D eigenvalue weighted by atomic mass is 10.1. The Morgan fingerprint density at radius 2 is 1.38 bits per heavy atom. The van der Waals surface area contributed by atoms with Crippen LogP contribution in [0.15, 0.2) is 0 Å². The molecule has 0 spiro atoms. The predicted octanol–water partition coefficient (Wildman–Crippen LogP) is -0.753. The van der Waals surface area contributed by atoms with Gasteiger partial charge in [-0.1, -0.05) is 5.92 Å². The van der Waals surface area contributed by atoms with Crippen molar-refractivity contribution in [2.45, 2.75) is 44.6 Å². The van der Waals surface area contributed by atoms with Crippen LogP contribution in [0.1, 0.15) is 20.8 Å². The van der Waals surface area contributed by atoms with Gasteiger partial charge in [-0.15, -0.1) is 6.42 Å². The van der Waals surface area contributed by atoms with Gasteiger partial charge in [-0.25, -0.2) is 4.79 Å². The first-order valence-electron chi connectivity index (χ1n) is 8.14. The summed E-state index contributed by atoms with van der Waals surface area (Å²) < 4.78 is 5.02. The molecule has 0 rings (SSSR count). The molecule has 29 heavy (non-hydrogen) atoms. The summed E-state index contributed by atoms with van der Waals surface area (Å²) >= 11 is 0. The Kier molecular flexibility index (Phi) is 12.2. The van der Waals surface area contributed by atoms with Crippen LogP contribution in [0.3, 0.4) is 0 Å². The number of aliphatic hydroxyl groups is 3. The maximum Gasteiger partial charge on any atom is 0.408 e. The molecule has 0 aliphatic heterocycles. The van der Waals surface area contributed by atoms with E-state index in [0.717, 1.165) is 0 Å². The lowest BCUT2D eigenvalue weighted by Gasteiger charge is -2.26. The topological polar surface area (TPSA) is 99.0 Å². The van der Waals surface area contributed by atoms with E-state index >= 15 is 0 Å². The van der Waals surface area contributed by atoms with Crippen LogP contribution in [0.25, 0.3) is 0 Å². The average Bonchev–Trinajstić information content (AvgIpc) is 2.64. The molecule has 0 aliphatic rings. The van der Waals surface area contributed by atoms with Gasteiger partial charge in [0.15, 0.2) is 0 Å². The second-order valence-corrected chi connectivity index (χ2v) is 6.03. The lowest BCUT2D eigenvalue weighted by molar-refractivity contribution is 0.00147. The molecule has 146 valence electrons. The first-order chi connectivity index (χ1) is 13.7. The highest BCUT2D eigenvalue weighted by atomic mass is 16.6. The van der Waals surface area contributed by atoms with Crippen molar-refractivity contribution < 1.29 is 24.9 Å². The maximum atomic E-state index is 11.7. The Morgan fingerprint density at radius 1 is 0.931 bits per heavy atom. The Labute approximate surface area is 171 Å². The highest BCUT2D eigenvalue weighted by molar-refractivity contribution is 5.68. The SMILES string of the molecule is C#CC#CC#CC#CC#CC#CC#C[C@@H](O)[C@@H](O)[C@H](CO)NC(=O)OC(C)(C)C. The van der Waals surface area contributed by atoms with E-state index < -0.39 is 36.6 Å². The number of terminal acetylenes is 1. The van der Waals surface area contributed by atoms with E-state index in [1.54, 1.807) is 20.8 Å². The lowest BCUT2D eigenvalue weighted by Crippen LogP contribution is -2.51. The van der Waals surface area contributed by atoms with Gasteiger partial charge in [0.2, 0.25) is 0 Å². The molecule has 0 bridgehead atoms. The van der Waals surface area contributed by atoms with Crippen molar-refractivity contribution in [1.29, 1.82) is 0 Å². The van der Waals surface area contributed by atoms with Crippen molar-refractivity contribution in [3.05, 3.63) is 0 Å². The predicted molar refractivity (Wildman–Crippen MR) is 108 cm³/mol. The molecule has 0 aromatic carbocycles. The van der Waals surface area contributed by atoms with Crippen molar-refractivity contribution in [1.82, 2.24) is 5.32 Å². The highest BCUT2D eigenvalue weighted by Crippen LogP contribution is 2.08. The van der Waals surface area contributed by atoms with Crippen molar-refractivity contribution in [2.24, 2.45) is 0 Å². The molecule has 0 unspecified atom stereocenters. The van der Waals surface area contributed by atoms with Gasteiger partial charge in [0.05, 0.1) is 12.6 Å². The van der Waals surface area contributed by atoms with Gasteiger partial charge in [0, 0.05) is 0 Å². The summed E-state index contributed by atoms with van der Waals surface area (Å²) in [6.07, 6.45) is 0.932. The third kappa shape index (κ3) is 13.9. The summed E-state index contributed by atoms with van der Waals surface area (Å²) in [6, 6.07) is -1.18. The minimum atomic E-state index is -1.57. The molecular weight excluding hydrogens is 370 g/mol. The summed E-state index contributed by atoms with van der Waals surface area (Å²) in [5.74, 6) is 30.5. The number of carbonyl (C=O) groups excluding carboxylic acids is 1. The molecule has 0 aromatic heterocycles. The van der Waals surface area contributed by atoms with Crippen LogP contribution in [-0.4, -0.2) is 51.9 Å². The van der Waals surface area contributed by atoms with Crippen LogP contribution in [0.2, 0.25) is 0 Å². The molecule has 0 fully saturated rings. The van der Waals surface area contributed by atoms with Crippen LogP contribution in [0.4, 0.5) is 4.79 Å². The molecule has 1 amide bonds. The second kappa shape index (κ2) is 14.2. The minimum Gasteiger partial charge on any atom is -0.444 e. The van der Waals surface area contributed by atoms with Crippen LogP contribution in [0.5, 0.6) is 0 Å². The van der Waals surface area contributed by atoms with Crippen LogP contribution < -0.4 is 5.32 Å². The van der Waals surface area contributed by atoms with Gasteiger partial charge in [0.1, 0.15) is 17.8 Å². The zero-order valence-corrected chi connectivity index (χ0v) is 16.2. The van der Waals surface area contributed by atoms with Crippen molar-refractivity contribution in [3.8, 4) is 83.4 Å². The Bertz CT molecular complexity index is 991. The number of alkyl carbamates (subject to hydrolysis) is 1. The Morgan fingerprint density at radius 3 is 1.79 bits per heavy atom. The quantitative estimate of drug-likeness (QED) is 0.474. The molecule has 6 nitrogen and oxygen atoms in total. The molecule has 0 aromatic rings. The monoisotopic (exact) mass is 389 g/mol. The molecule has 0 heterocycles. The molecule has 3 atom stereocenters. The van der Waals surface area contributed by atoms with Gasteiger partial charge >= 0.3 is 6.09 Å². The summed E-state index contributed by atoms with van der Waals surface area (Å²) in [4.78, 5) is 11.7. The van der Waals surface area contributed by atoms with E-state index in [-0.39, 0.29) is 0 Å². The molecule has 0 aliphatic carbocycles.